The molecule has 0 unspecified atom stereocenters. The van der Waals surface area contributed by atoms with Crippen LogP contribution in [0.1, 0.15) is 44.9 Å². The lowest BCUT2D eigenvalue weighted by Crippen LogP contribution is -2.32. The summed E-state index contributed by atoms with van der Waals surface area (Å²) in [4.78, 5) is 14.1. The van der Waals surface area contributed by atoms with E-state index in [2.05, 4.69) is 16.3 Å². The van der Waals surface area contributed by atoms with Crippen molar-refractivity contribution in [2.24, 2.45) is 0 Å². The van der Waals surface area contributed by atoms with Crippen molar-refractivity contribution in [2.75, 3.05) is 26.2 Å². The molecule has 96 valence electrons. The second-order valence-electron chi connectivity index (χ2n) is 5.12. The summed E-state index contributed by atoms with van der Waals surface area (Å²) in [6, 6.07) is 0. The quantitative estimate of drug-likeness (QED) is 0.761. The number of amides is 1. The highest BCUT2D eigenvalue weighted by molar-refractivity contribution is 5.76. The molecule has 0 radical (unpaired) electrons. The molecule has 1 fully saturated rings. The fourth-order valence-corrected chi connectivity index (χ4v) is 2.64. The molecule has 0 aliphatic carbocycles. The highest BCUT2D eigenvalue weighted by atomic mass is 16.2. The van der Waals surface area contributed by atoms with Crippen LogP contribution in [-0.2, 0) is 4.79 Å². The van der Waals surface area contributed by atoms with Crippen molar-refractivity contribution in [3.8, 4) is 0 Å². The Hall–Kier alpha value is -0.830. The van der Waals surface area contributed by atoms with Crippen LogP contribution < -0.4 is 5.32 Å². The minimum atomic E-state index is 0.360. The number of hydrogen-bond donors (Lipinski definition) is 1. The molecule has 0 bridgehead atoms. The maximum atomic E-state index is 12.1. The van der Waals surface area contributed by atoms with Gasteiger partial charge in [-0.15, -0.1) is 0 Å². The first-order chi connectivity index (χ1) is 8.36. The Morgan fingerprint density at radius 2 is 2.00 bits per heavy atom. The molecule has 0 spiro atoms. The van der Waals surface area contributed by atoms with Gasteiger partial charge < -0.3 is 10.2 Å². The smallest absolute Gasteiger partial charge is 0.222 e. The van der Waals surface area contributed by atoms with E-state index in [0.29, 0.717) is 12.3 Å². The first-order valence-electron chi connectivity index (χ1n) is 7.02. The minimum Gasteiger partial charge on any atom is -0.343 e. The maximum Gasteiger partial charge on any atom is 0.222 e. The highest BCUT2D eigenvalue weighted by Gasteiger charge is 2.15. The van der Waals surface area contributed by atoms with Gasteiger partial charge in [-0.2, -0.15) is 0 Å². The molecule has 0 saturated carbocycles. The summed E-state index contributed by atoms with van der Waals surface area (Å²) in [5.41, 5.74) is 1.42. The third-order valence-electron chi connectivity index (χ3n) is 3.72. The molecule has 0 atom stereocenters. The summed E-state index contributed by atoms with van der Waals surface area (Å²) in [6.07, 6.45) is 10.0. The zero-order valence-corrected chi connectivity index (χ0v) is 10.7. The van der Waals surface area contributed by atoms with Crippen LogP contribution in [0.5, 0.6) is 0 Å². The van der Waals surface area contributed by atoms with Crippen molar-refractivity contribution in [1.29, 1.82) is 0 Å². The average molecular weight is 236 g/mol. The standard InChI is InChI=1S/C14H24N2O/c17-14(16-10-3-1-2-4-11-16)8-7-13-6-5-9-15-12-13/h6,15H,1-5,7-12H2. The molecule has 17 heavy (non-hydrogen) atoms. The molecule has 1 amide bonds. The molecular weight excluding hydrogens is 212 g/mol. The number of carbonyl (C=O) groups is 1. The summed E-state index contributed by atoms with van der Waals surface area (Å²) in [5.74, 6) is 0.360. The van der Waals surface area contributed by atoms with Crippen LogP contribution in [0.3, 0.4) is 0 Å². The Kier molecular flexibility index (Phi) is 5.05. The molecule has 1 saturated heterocycles. The normalized spacial score (nSPS) is 21.9. The number of carbonyl (C=O) groups excluding carboxylic acids is 1. The van der Waals surface area contributed by atoms with Crippen LogP contribution in [0.25, 0.3) is 0 Å². The first-order valence-corrected chi connectivity index (χ1v) is 7.02. The van der Waals surface area contributed by atoms with E-state index in [0.717, 1.165) is 39.0 Å². The number of nitrogens with zero attached hydrogens (tertiary/aromatic N) is 1. The predicted molar refractivity (Wildman–Crippen MR) is 69.9 cm³/mol. The largest absolute Gasteiger partial charge is 0.343 e. The Morgan fingerprint density at radius 1 is 1.24 bits per heavy atom. The Morgan fingerprint density at radius 3 is 2.65 bits per heavy atom. The van der Waals surface area contributed by atoms with Gasteiger partial charge in [0.05, 0.1) is 0 Å². The average Bonchev–Trinajstić information content (AvgIpc) is 2.66. The molecule has 1 N–H and O–H groups in total. The van der Waals surface area contributed by atoms with Crippen molar-refractivity contribution in [3.05, 3.63) is 11.6 Å². The van der Waals surface area contributed by atoms with E-state index in [4.69, 9.17) is 0 Å². The summed E-state index contributed by atoms with van der Waals surface area (Å²) >= 11 is 0. The van der Waals surface area contributed by atoms with Crippen molar-refractivity contribution in [2.45, 2.75) is 44.9 Å². The van der Waals surface area contributed by atoms with E-state index in [1.54, 1.807) is 0 Å². The molecule has 3 heteroatoms. The second-order valence-corrected chi connectivity index (χ2v) is 5.12. The number of hydrogen-bond acceptors (Lipinski definition) is 2. The van der Waals surface area contributed by atoms with Crippen LogP contribution in [0.15, 0.2) is 11.6 Å². The first kappa shape index (κ1) is 12.6. The van der Waals surface area contributed by atoms with Gasteiger partial charge >= 0.3 is 0 Å². The lowest BCUT2D eigenvalue weighted by molar-refractivity contribution is -0.131. The van der Waals surface area contributed by atoms with Crippen molar-refractivity contribution in [1.82, 2.24) is 10.2 Å². The van der Waals surface area contributed by atoms with Crippen molar-refractivity contribution < 1.29 is 4.79 Å². The lowest BCUT2D eigenvalue weighted by atomic mass is 10.1. The molecular formula is C14H24N2O. The van der Waals surface area contributed by atoms with Crippen LogP contribution >= 0.6 is 0 Å². The van der Waals surface area contributed by atoms with E-state index in [1.165, 1.54) is 31.3 Å². The van der Waals surface area contributed by atoms with Gasteiger partial charge in [0.25, 0.3) is 0 Å². The van der Waals surface area contributed by atoms with Crippen LogP contribution in [0.4, 0.5) is 0 Å². The monoisotopic (exact) mass is 236 g/mol. The third-order valence-corrected chi connectivity index (χ3v) is 3.72. The molecule has 2 aliphatic rings. The molecule has 2 aliphatic heterocycles. The summed E-state index contributed by atoms with van der Waals surface area (Å²) in [7, 11) is 0. The van der Waals surface area contributed by atoms with Crippen LogP contribution in [0.2, 0.25) is 0 Å². The van der Waals surface area contributed by atoms with E-state index in [1.807, 2.05) is 0 Å². The van der Waals surface area contributed by atoms with Crippen LogP contribution in [-0.4, -0.2) is 37.0 Å². The predicted octanol–water partition coefficient (Wildman–Crippen LogP) is 2.09. The fraction of sp³-hybridized carbons (Fsp3) is 0.786. The van der Waals surface area contributed by atoms with E-state index >= 15 is 0 Å². The Balaban J connectivity index is 1.73. The molecule has 0 aromatic heterocycles. The summed E-state index contributed by atoms with van der Waals surface area (Å²) < 4.78 is 0. The van der Waals surface area contributed by atoms with Gasteiger partial charge in [0, 0.05) is 26.1 Å². The van der Waals surface area contributed by atoms with Gasteiger partial charge in [0.15, 0.2) is 0 Å². The minimum absolute atomic E-state index is 0.360. The molecule has 0 aromatic rings. The molecule has 0 aromatic carbocycles. The van der Waals surface area contributed by atoms with E-state index < -0.39 is 0 Å². The zero-order chi connectivity index (χ0) is 11.9. The van der Waals surface area contributed by atoms with Crippen molar-refractivity contribution in [3.63, 3.8) is 0 Å². The molecule has 2 rings (SSSR count). The van der Waals surface area contributed by atoms with Gasteiger partial charge in [0.2, 0.25) is 5.91 Å². The summed E-state index contributed by atoms with van der Waals surface area (Å²) in [5, 5.41) is 3.35. The Bertz CT molecular complexity index is 278. The molecule has 3 nitrogen and oxygen atoms in total. The maximum absolute atomic E-state index is 12.1. The van der Waals surface area contributed by atoms with Gasteiger partial charge in [-0.05, 0) is 32.2 Å². The fourth-order valence-electron chi connectivity index (χ4n) is 2.64. The topological polar surface area (TPSA) is 32.3 Å². The van der Waals surface area contributed by atoms with Crippen LogP contribution in [0, 0.1) is 0 Å². The van der Waals surface area contributed by atoms with Gasteiger partial charge in [-0.25, -0.2) is 0 Å². The highest BCUT2D eigenvalue weighted by Crippen LogP contribution is 2.14. The van der Waals surface area contributed by atoms with Crippen molar-refractivity contribution >= 4 is 5.91 Å². The lowest BCUT2D eigenvalue weighted by Gasteiger charge is -2.21. The van der Waals surface area contributed by atoms with E-state index in [-0.39, 0.29) is 0 Å². The molecule has 2 heterocycles. The van der Waals surface area contributed by atoms with E-state index in [9.17, 15) is 4.79 Å². The number of likely N-dealkylation sites (tertiary alicyclic amines) is 1. The Labute approximate surface area is 104 Å². The number of rotatable bonds is 3. The zero-order valence-electron chi connectivity index (χ0n) is 10.7. The van der Waals surface area contributed by atoms with Gasteiger partial charge in [-0.3, -0.25) is 4.79 Å². The summed E-state index contributed by atoms with van der Waals surface area (Å²) in [6.45, 7) is 4.03. The SMILES string of the molecule is O=C(CCC1=CCCNC1)N1CCCCCC1. The van der Waals surface area contributed by atoms with Gasteiger partial charge in [-0.1, -0.05) is 24.5 Å². The second kappa shape index (κ2) is 6.80. The van der Waals surface area contributed by atoms with Gasteiger partial charge in [0.1, 0.15) is 0 Å². The number of nitrogens with one attached hydrogen (secondary N) is 1. The third kappa shape index (κ3) is 4.15.